The number of rotatable bonds is 7. The number of hydrogen-bond donors (Lipinski definition) is 3. The van der Waals surface area contributed by atoms with Crippen LogP contribution in [0.3, 0.4) is 0 Å². The van der Waals surface area contributed by atoms with Gasteiger partial charge in [0, 0.05) is 37.6 Å². The molecule has 5 fully saturated rings. The monoisotopic (exact) mass is 430 g/mol. The molecular formula is C20H32ClFN4O3. The molecule has 0 aromatic carbocycles. The highest BCUT2D eigenvalue weighted by Gasteiger charge is 2.72. The van der Waals surface area contributed by atoms with Crippen LogP contribution in [0.2, 0.25) is 0 Å². The van der Waals surface area contributed by atoms with E-state index in [1.807, 2.05) is 7.05 Å². The Morgan fingerprint density at radius 2 is 2.00 bits per heavy atom. The van der Waals surface area contributed by atoms with Crippen molar-refractivity contribution in [3.05, 3.63) is 0 Å². The number of nitrogens with one attached hydrogen (secondary N) is 3. The third-order valence-corrected chi connectivity index (χ3v) is 7.60. The lowest BCUT2D eigenvalue weighted by atomic mass is 9.39. The molecule has 1 saturated heterocycles. The van der Waals surface area contributed by atoms with Crippen LogP contribution in [0.1, 0.15) is 51.9 Å². The molecule has 29 heavy (non-hydrogen) atoms. The molecule has 5 aliphatic rings. The molecule has 164 valence electrons. The lowest BCUT2D eigenvalue weighted by Gasteiger charge is -2.69. The van der Waals surface area contributed by atoms with Crippen molar-refractivity contribution in [2.45, 2.75) is 87.1 Å². The zero-order chi connectivity index (χ0) is 20.8. The molecule has 1 aliphatic heterocycles. The molecule has 0 aromatic heterocycles. The quantitative estimate of drug-likeness (QED) is 0.529. The summed E-state index contributed by atoms with van der Waals surface area (Å²) in [7, 11) is 2.00. The molecule has 0 radical (unpaired) electrons. The van der Waals surface area contributed by atoms with Crippen molar-refractivity contribution >= 4 is 23.4 Å². The van der Waals surface area contributed by atoms with Gasteiger partial charge in [-0.05, 0) is 45.4 Å². The summed E-state index contributed by atoms with van der Waals surface area (Å²) in [5.41, 5.74) is 2.76. The number of carbonyl (C=O) groups excluding carboxylic acids is 2. The number of alkyl halides is 2. The first-order valence-corrected chi connectivity index (χ1v) is 11.1. The van der Waals surface area contributed by atoms with Crippen LogP contribution in [0, 0.1) is 5.41 Å². The van der Waals surface area contributed by atoms with Crippen molar-refractivity contribution in [2.24, 2.45) is 5.41 Å². The normalized spacial score (nSPS) is 43.9. The van der Waals surface area contributed by atoms with Crippen molar-refractivity contribution < 1.29 is 18.7 Å². The van der Waals surface area contributed by atoms with Gasteiger partial charge in [-0.15, -0.1) is 11.6 Å². The zero-order valence-corrected chi connectivity index (χ0v) is 17.9. The van der Waals surface area contributed by atoms with E-state index in [-0.39, 0.29) is 41.9 Å². The van der Waals surface area contributed by atoms with E-state index in [2.05, 4.69) is 28.0 Å². The Morgan fingerprint density at radius 3 is 2.62 bits per heavy atom. The van der Waals surface area contributed by atoms with Gasteiger partial charge in [-0.3, -0.25) is 15.0 Å². The molecular weight excluding hydrogens is 399 g/mol. The molecule has 5 atom stereocenters. The van der Waals surface area contributed by atoms with Gasteiger partial charge in [0.2, 0.25) is 11.8 Å². The lowest BCUT2D eigenvalue weighted by molar-refractivity contribution is -0.185. The predicted octanol–water partition coefficient (Wildman–Crippen LogP) is 1.25. The second-order valence-corrected chi connectivity index (χ2v) is 10.2. The SMILES string of the molecule is CC1CC(CNC(=O)C23CC(NC(=O)COC4CCC(Cl)C(F)C4)(C2)C3)N(C)N1. The van der Waals surface area contributed by atoms with Crippen molar-refractivity contribution in [3.8, 4) is 0 Å². The van der Waals surface area contributed by atoms with Crippen LogP contribution in [0.15, 0.2) is 0 Å². The number of hydrogen-bond acceptors (Lipinski definition) is 5. The van der Waals surface area contributed by atoms with Crippen molar-refractivity contribution in [1.82, 2.24) is 21.1 Å². The predicted molar refractivity (Wildman–Crippen MR) is 107 cm³/mol. The number of nitrogens with zero attached hydrogens (tertiary/aromatic N) is 1. The number of likely N-dealkylation sites (N-methyl/N-ethyl adjacent to an activating group) is 1. The third kappa shape index (κ3) is 4.27. The molecule has 0 aromatic rings. The van der Waals surface area contributed by atoms with Gasteiger partial charge in [-0.25, -0.2) is 9.40 Å². The van der Waals surface area contributed by atoms with E-state index in [0.29, 0.717) is 50.7 Å². The summed E-state index contributed by atoms with van der Waals surface area (Å²) < 4.78 is 19.2. The minimum atomic E-state index is -1.07. The first kappa shape index (κ1) is 21.3. The standard InChI is InChI=1S/C20H32ClFN4O3/c1-12-5-13(26(2)25-12)7-23-18(28)19-9-20(10-19,11-19)24-17(27)8-29-14-3-4-15(21)16(22)6-14/h12-16,25H,3-11H2,1-2H3,(H,23,28)(H,24,27). The van der Waals surface area contributed by atoms with Crippen molar-refractivity contribution in [2.75, 3.05) is 20.2 Å². The van der Waals surface area contributed by atoms with Gasteiger partial charge < -0.3 is 15.4 Å². The fraction of sp³-hybridized carbons (Fsp3) is 0.900. The zero-order valence-electron chi connectivity index (χ0n) is 17.2. The fourth-order valence-electron chi connectivity index (χ4n) is 5.57. The minimum absolute atomic E-state index is 0.0650. The van der Waals surface area contributed by atoms with Gasteiger partial charge in [0.25, 0.3) is 0 Å². The first-order valence-electron chi connectivity index (χ1n) is 10.7. The maximum absolute atomic E-state index is 13.7. The molecule has 0 spiro atoms. The average molecular weight is 431 g/mol. The highest BCUT2D eigenvalue weighted by molar-refractivity contribution is 6.21. The molecule has 1 heterocycles. The average Bonchev–Trinajstić information content (AvgIpc) is 2.93. The molecule has 7 nitrogen and oxygen atoms in total. The fourth-order valence-corrected chi connectivity index (χ4v) is 5.80. The molecule has 5 rings (SSSR count). The number of hydrazine groups is 1. The summed E-state index contributed by atoms with van der Waals surface area (Å²) in [6.07, 6.45) is 3.27. The maximum Gasteiger partial charge on any atom is 0.246 e. The molecule has 9 heteroatoms. The van der Waals surface area contributed by atoms with Gasteiger partial charge in [-0.1, -0.05) is 0 Å². The van der Waals surface area contributed by atoms with E-state index in [1.165, 1.54) is 0 Å². The highest BCUT2D eigenvalue weighted by atomic mass is 35.5. The number of amides is 2. The van der Waals surface area contributed by atoms with E-state index < -0.39 is 11.5 Å². The Kier molecular flexibility index (Phi) is 5.83. The highest BCUT2D eigenvalue weighted by Crippen LogP contribution is 2.67. The lowest BCUT2D eigenvalue weighted by Crippen LogP contribution is -2.78. The summed E-state index contributed by atoms with van der Waals surface area (Å²) in [6.45, 7) is 2.71. The second kappa shape index (κ2) is 7.94. The number of ether oxygens (including phenoxy) is 1. The van der Waals surface area contributed by atoms with Crippen LogP contribution in [0.5, 0.6) is 0 Å². The van der Waals surface area contributed by atoms with Crippen molar-refractivity contribution in [3.63, 3.8) is 0 Å². The summed E-state index contributed by atoms with van der Waals surface area (Å²) in [4.78, 5) is 24.9. The van der Waals surface area contributed by atoms with Crippen LogP contribution in [0.25, 0.3) is 0 Å². The first-order chi connectivity index (χ1) is 13.7. The Labute approximate surface area is 176 Å². The largest absolute Gasteiger partial charge is 0.368 e. The third-order valence-electron chi connectivity index (χ3n) is 7.11. The molecule has 2 bridgehead atoms. The van der Waals surface area contributed by atoms with Crippen LogP contribution in [-0.2, 0) is 14.3 Å². The second-order valence-electron chi connectivity index (χ2n) is 9.66. The van der Waals surface area contributed by atoms with Crippen LogP contribution >= 0.6 is 11.6 Å². The van der Waals surface area contributed by atoms with Crippen LogP contribution < -0.4 is 16.1 Å². The Bertz CT molecular complexity index is 646. The molecule has 3 N–H and O–H groups in total. The number of carbonyl (C=O) groups is 2. The molecule has 2 amide bonds. The van der Waals surface area contributed by atoms with E-state index in [1.54, 1.807) is 0 Å². The Hall–Kier alpha value is -0.960. The van der Waals surface area contributed by atoms with Gasteiger partial charge in [0.05, 0.1) is 16.9 Å². The summed E-state index contributed by atoms with van der Waals surface area (Å²) in [6, 6.07) is 0.739. The van der Waals surface area contributed by atoms with Crippen LogP contribution in [0.4, 0.5) is 4.39 Å². The number of halogens is 2. The molecule has 4 saturated carbocycles. The Balaban J connectivity index is 1.14. The molecule has 5 unspecified atom stereocenters. The molecule has 4 aliphatic carbocycles. The Morgan fingerprint density at radius 1 is 1.28 bits per heavy atom. The van der Waals surface area contributed by atoms with E-state index in [4.69, 9.17) is 16.3 Å². The van der Waals surface area contributed by atoms with E-state index >= 15 is 0 Å². The maximum atomic E-state index is 13.7. The van der Waals surface area contributed by atoms with Gasteiger partial charge >= 0.3 is 0 Å². The summed E-state index contributed by atoms with van der Waals surface area (Å²) in [5, 5.41) is 7.75. The van der Waals surface area contributed by atoms with Gasteiger partial charge in [0.1, 0.15) is 12.8 Å². The van der Waals surface area contributed by atoms with Crippen molar-refractivity contribution in [1.29, 1.82) is 0 Å². The van der Waals surface area contributed by atoms with Gasteiger partial charge in [-0.2, -0.15) is 0 Å². The minimum Gasteiger partial charge on any atom is -0.368 e. The van der Waals surface area contributed by atoms with Crippen LogP contribution in [-0.4, -0.2) is 72.3 Å². The summed E-state index contributed by atoms with van der Waals surface area (Å²) in [5.74, 6) is -0.0839. The van der Waals surface area contributed by atoms with Gasteiger partial charge in [0.15, 0.2) is 0 Å². The van der Waals surface area contributed by atoms with E-state index in [0.717, 1.165) is 6.42 Å². The smallest absolute Gasteiger partial charge is 0.246 e. The summed E-state index contributed by atoms with van der Waals surface area (Å²) >= 11 is 5.88. The topological polar surface area (TPSA) is 82.7 Å². The van der Waals surface area contributed by atoms with E-state index in [9.17, 15) is 14.0 Å².